The molecule has 0 aliphatic heterocycles. The molecule has 1 heterocycles. The highest BCUT2D eigenvalue weighted by Gasteiger charge is 2.13. The largest absolute Gasteiger partial charge is 0.256 e. The Morgan fingerprint density at radius 1 is 0.889 bits per heavy atom. The van der Waals surface area contributed by atoms with Crippen LogP contribution in [-0.2, 0) is 0 Å². The molecule has 1 aromatic heterocycles. The Balaban J connectivity index is 1.70. The van der Waals surface area contributed by atoms with Crippen molar-refractivity contribution in [2.45, 2.75) is 20.3 Å². The molecule has 0 radical (unpaired) electrons. The molecular formula is C24H19F2N. The minimum absolute atomic E-state index is 0.299. The molecule has 1 aliphatic carbocycles. The first kappa shape index (κ1) is 17.3. The van der Waals surface area contributed by atoms with Crippen LogP contribution in [-0.4, -0.2) is 4.98 Å². The number of aryl methyl sites for hydroxylation is 2. The van der Waals surface area contributed by atoms with Crippen molar-refractivity contribution >= 4 is 5.57 Å². The third-order valence-corrected chi connectivity index (χ3v) is 4.93. The summed E-state index contributed by atoms with van der Waals surface area (Å²) in [4.78, 5) is 4.41. The number of rotatable bonds is 3. The monoisotopic (exact) mass is 359 g/mol. The molecule has 0 atom stereocenters. The second-order valence-electron chi connectivity index (χ2n) is 6.87. The van der Waals surface area contributed by atoms with Gasteiger partial charge in [0.1, 0.15) is 11.6 Å². The lowest BCUT2D eigenvalue weighted by Crippen LogP contribution is -1.94. The minimum Gasteiger partial charge on any atom is -0.256 e. The summed E-state index contributed by atoms with van der Waals surface area (Å²) in [7, 11) is 0. The summed E-state index contributed by atoms with van der Waals surface area (Å²) in [5, 5.41) is 0. The summed E-state index contributed by atoms with van der Waals surface area (Å²) in [6.45, 7) is 4.20. The van der Waals surface area contributed by atoms with Gasteiger partial charge in [0, 0.05) is 23.4 Å². The topological polar surface area (TPSA) is 12.9 Å². The van der Waals surface area contributed by atoms with Gasteiger partial charge in [0.05, 0.1) is 5.69 Å². The van der Waals surface area contributed by atoms with Crippen LogP contribution in [0.1, 0.15) is 23.1 Å². The number of nitrogens with zero attached hydrogens (tertiary/aromatic N) is 1. The molecule has 2 aromatic carbocycles. The zero-order valence-corrected chi connectivity index (χ0v) is 15.3. The summed E-state index contributed by atoms with van der Waals surface area (Å²) in [6.07, 6.45) is 9.12. The van der Waals surface area contributed by atoms with Gasteiger partial charge in [-0.15, -0.1) is 0 Å². The third kappa shape index (κ3) is 3.33. The molecule has 0 unspecified atom stereocenters. The molecule has 27 heavy (non-hydrogen) atoms. The maximum absolute atomic E-state index is 14.0. The van der Waals surface area contributed by atoms with Crippen LogP contribution in [0.4, 0.5) is 8.78 Å². The van der Waals surface area contributed by atoms with Gasteiger partial charge < -0.3 is 0 Å². The van der Waals surface area contributed by atoms with Crippen molar-refractivity contribution in [1.29, 1.82) is 0 Å². The summed E-state index contributed by atoms with van der Waals surface area (Å²) in [5.41, 5.74) is 7.86. The average Bonchev–Trinajstić information content (AvgIpc) is 3.17. The van der Waals surface area contributed by atoms with E-state index in [1.54, 1.807) is 12.3 Å². The van der Waals surface area contributed by atoms with Crippen LogP contribution >= 0.6 is 0 Å². The molecule has 4 rings (SSSR count). The van der Waals surface area contributed by atoms with Crippen LogP contribution in [0.15, 0.2) is 66.9 Å². The number of halogens is 2. The number of pyridine rings is 1. The first-order chi connectivity index (χ1) is 13.0. The van der Waals surface area contributed by atoms with Crippen molar-refractivity contribution < 1.29 is 8.78 Å². The average molecular weight is 359 g/mol. The van der Waals surface area contributed by atoms with E-state index in [0.29, 0.717) is 11.3 Å². The van der Waals surface area contributed by atoms with E-state index in [1.165, 1.54) is 34.4 Å². The molecule has 1 nitrogen and oxygen atoms in total. The number of allylic oxidation sites excluding steroid dienone is 4. The fourth-order valence-electron chi connectivity index (χ4n) is 3.66. The lowest BCUT2D eigenvalue weighted by Gasteiger charge is -2.14. The van der Waals surface area contributed by atoms with Crippen molar-refractivity contribution in [2.75, 3.05) is 0 Å². The molecule has 0 saturated heterocycles. The quantitative estimate of drug-likeness (QED) is 0.510. The van der Waals surface area contributed by atoms with Crippen molar-refractivity contribution in [2.24, 2.45) is 0 Å². The Kier molecular flexibility index (Phi) is 4.44. The van der Waals surface area contributed by atoms with Gasteiger partial charge in [-0.25, -0.2) is 8.78 Å². The minimum atomic E-state index is -0.606. The summed E-state index contributed by atoms with van der Waals surface area (Å²) in [6, 6.07) is 11.7. The van der Waals surface area contributed by atoms with Crippen molar-refractivity contribution in [3.8, 4) is 22.4 Å². The first-order valence-corrected chi connectivity index (χ1v) is 8.92. The number of benzene rings is 2. The molecule has 0 saturated carbocycles. The lowest BCUT2D eigenvalue weighted by molar-refractivity contribution is 0.585. The van der Waals surface area contributed by atoms with E-state index < -0.39 is 11.6 Å². The Hall–Kier alpha value is -3.07. The lowest BCUT2D eigenvalue weighted by atomic mass is 9.91. The molecule has 0 bridgehead atoms. The Bertz CT molecular complexity index is 1050. The van der Waals surface area contributed by atoms with E-state index >= 15 is 0 Å². The van der Waals surface area contributed by atoms with Crippen molar-refractivity contribution in [3.63, 3.8) is 0 Å². The van der Waals surface area contributed by atoms with E-state index in [1.807, 2.05) is 6.07 Å². The Morgan fingerprint density at radius 2 is 1.67 bits per heavy atom. The molecule has 3 heteroatoms. The van der Waals surface area contributed by atoms with E-state index in [4.69, 9.17) is 0 Å². The SMILES string of the molecule is Cc1cc(C2=CC=CC2)cc(C)c1-c1ccc(-c2ccc(F)cc2F)nc1. The van der Waals surface area contributed by atoms with E-state index in [9.17, 15) is 8.78 Å². The standard InChI is InChI=1S/C24H19F2N/c1-15-11-19(17-5-3-4-6-17)12-16(2)24(15)18-7-10-23(27-14-18)21-9-8-20(25)13-22(21)26/h3-5,7-14H,6H2,1-2H3. The third-order valence-electron chi connectivity index (χ3n) is 4.93. The highest BCUT2D eigenvalue weighted by Crippen LogP contribution is 2.33. The maximum Gasteiger partial charge on any atom is 0.135 e. The smallest absolute Gasteiger partial charge is 0.135 e. The summed E-state index contributed by atoms with van der Waals surface area (Å²) >= 11 is 0. The predicted octanol–water partition coefficient (Wildman–Crippen LogP) is 6.65. The Morgan fingerprint density at radius 3 is 2.26 bits per heavy atom. The van der Waals surface area contributed by atoms with Crippen LogP contribution in [0.5, 0.6) is 0 Å². The van der Waals surface area contributed by atoms with Crippen LogP contribution in [0.3, 0.4) is 0 Å². The van der Waals surface area contributed by atoms with Gasteiger partial charge in [0.2, 0.25) is 0 Å². The molecular weight excluding hydrogens is 340 g/mol. The second kappa shape index (κ2) is 6.92. The number of aromatic nitrogens is 1. The van der Waals surface area contributed by atoms with Gasteiger partial charge in [-0.05, 0) is 66.3 Å². The molecule has 134 valence electrons. The maximum atomic E-state index is 14.0. The van der Waals surface area contributed by atoms with Gasteiger partial charge in [0.15, 0.2) is 0 Å². The van der Waals surface area contributed by atoms with Crippen LogP contribution in [0, 0.1) is 25.5 Å². The second-order valence-corrected chi connectivity index (χ2v) is 6.87. The summed E-state index contributed by atoms with van der Waals surface area (Å²) < 4.78 is 27.1. The van der Waals surface area contributed by atoms with E-state index in [0.717, 1.165) is 23.6 Å². The normalized spacial score (nSPS) is 13.1. The molecule has 1 aliphatic rings. The van der Waals surface area contributed by atoms with E-state index in [2.05, 4.69) is 49.2 Å². The van der Waals surface area contributed by atoms with Gasteiger partial charge in [-0.2, -0.15) is 0 Å². The number of hydrogen-bond acceptors (Lipinski definition) is 1. The predicted molar refractivity (Wildman–Crippen MR) is 106 cm³/mol. The fourth-order valence-corrected chi connectivity index (χ4v) is 3.66. The van der Waals surface area contributed by atoms with Crippen molar-refractivity contribution in [1.82, 2.24) is 4.98 Å². The van der Waals surface area contributed by atoms with Crippen LogP contribution < -0.4 is 0 Å². The highest BCUT2D eigenvalue weighted by atomic mass is 19.1. The van der Waals surface area contributed by atoms with Gasteiger partial charge >= 0.3 is 0 Å². The zero-order valence-electron chi connectivity index (χ0n) is 15.3. The first-order valence-electron chi connectivity index (χ1n) is 8.92. The van der Waals surface area contributed by atoms with Crippen LogP contribution in [0.2, 0.25) is 0 Å². The zero-order chi connectivity index (χ0) is 19.0. The van der Waals surface area contributed by atoms with Crippen LogP contribution in [0.25, 0.3) is 28.0 Å². The molecule has 0 fully saturated rings. The Labute approximate surface area is 157 Å². The highest BCUT2D eigenvalue weighted by molar-refractivity contribution is 5.78. The van der Waals surface area contributed by atoms with Crippen molar-refractivity contribution in [3.05, 3.63) is 95.2 Å². The van der Waals surface area contributed by atoms with Gasteiger partial charge in [-0.3, -0.25) is 4.98 Å². The number of hydrogen-bond donors (Lipinski definition) is 0. The molecule has 0 N–H and O–H groups in total. The van der Waals surface area contributed by atoms with Gasteiger partial charge in [0.25, 0.3) is 0 Å². The molecule has 0 spiro atoms. The molecule has 3 aromatic rings. The molecule has 0 amide bonds. The van der Waals surface area contributed by atoms with E-state index in [-0.39, 0.29) is 0 Å². The summed E-state index contributed by atoms with van der Waals surface area (Å²) in [5.74, 6) is -1.20. The van der Waals surface area contributed by atoms with Gasteiger partial charge in [-0.1, -0.05) is 36.4 Å². The fraction of sp³-hybridized carbons (Fsp3) is 0.125.